The summed E-state index contributed by atoms with van der Waals surface area (Å²) in [5, 5.41) is 9.75. The van der Waals surface area contributed by atoms with Gasteiger partial charge in [0.2, 0.25) is 5.95 Å². The number of nitrogens with two attached hydrogens (primary N) is 1. The van der Waals surface area contributed by atoms with E-state index in [4.69, 9.17) is 5.73 Å². The van der Waals surface area contributed by atoms with Gasteiger partial charge in [0, 0.05) is 6.04 Å². The topological polar surface area (TPSA) is 79.6 Å². The molecule has 1 saturated carbocycles. The van der Waals surface area contributed by atoms with E-state index in [1.165, 1.54) is 12.8 Å². The van der Waals surface area contributed by atoms with E-state index in [1.54, 1.807) is 0 Å². The van der Waals surface area contributed by atoms with Crippen LogP contribution in [0.3, 0.4) is 0 Å². The number of H-pyrrole nitrogens is 1. The number of anilines is 1. The van der Waals surface area contributed by atoms with Crippen LogP contribution in [0.2, 0.25) is 0 Å². The Balaban J connectivity index is 1.85. The predicted molar refractivity (Wildman–Crippen MR) is 40.7 cm³/mol. The fourth-order valence-electron chi connectivity index (χ4n) is 0.918. The Morgan fingerprint density at radius 1 is 1.64 bits per heavy atom. The number of aromatic amines is 1. The van der Waals surface area contributed by atoms with Crippen molar-refractivity contribution in [2.45, 2.75) is 25.4 Å². The first-order valence-corrected chi connectivity index (χ1v) is 3.75. The van der Waals surface area contributed by atoms with Crippen molar-refractivity contribution in [2.24, 2.45) is 0 Å². The van der Waals surface area contributed by atoms with Crippen LogP contribution in [0, 0.1) is 0 Å². The molecular formula is C6H11N5. The zero-order valence-electron chi connectivity index (χ0n) is 6.17. The molecule has 1 aromatic heterocycles. The van der Waals surface area contributed by atoms with E-state index in [-0.39, 0.29) is 0 Å². The first-order valence-electron chi connectivity index (χ1n) is 3.75. The van der Waals surface area contributed by atoms with E-state index in [9.17, 15) is 0 Å². The molecule has 0 aliphatic heterocycles. The highest BCUT2D eigenvalue weighted by Gasteiger charge is 2.20. The molecule has 0 aromatic carbocycles. The highest BCUT2D eigenvalue weighted by atomic mass is 15.3. The maximum absolute atomic E-state index is 5.32. The molecule has 1 aliphatic carbocycles. The van der Waals surface area contributed by atoms with Gasteiger partial charge >= 0.3 is 0 Å². The molecule has 60 valence electrons. The van der Waals surface area contributed by atoms with Gasteiger partial charge in [0.05, 0.1) is 6.54 Å². The van der Waals surface area contributed by atoms with Crippen LogP contribution in [0.1, 0.15) is 18.7 Å². The van der Waals surface area contributed by atoms with Crippen LogP contribution in [-0.2, 0) is 6.54 Å². The lowest BCUT2D eigenvalue weighted by atomic mass is 10.5. The number of hydrogen-bond acceptors (Lipinski definition) is 4. The molecule has 1 aliphatic rings. The SMILES string of the molecule is Nc1n[nH]c(CNC2CC2)n1. The summed E-state index contributed by atoms with van der Waals surface area (Å²) >= 11 is 0. The molecule has 0 amide bonds. The van der Waals surface area contributed by atoms with Gasteiger partial charge in [-0.1, -0.05) is 0 Å². The monoisotopic (exact) mass is 153 g/mol. The molecule has 1 aromatic rings. The van der Waals surface area contributed by atoms with Crippen LogP contribution < -0.4 is 11.1 Å². The second kappa shape index (κ2) is 2.50. The second-order valence-electron chi connectivity index (χ2n) is 2.80. The Bertz CT molecular complexity index is 239. The minimum atomic E-state index is 0.317. The quantitative estimate of drug-likeness (QED) is 0.554. The van der Waals surface area contributed by atoms with Crippen molar-refractivity contribution >= 4 is 5.95 Å². The summed E-state index contributed by atoms with van der Waals surface area (Å²) < 4.78 is 0. The van der Waals surface area contributed by atoms with Gasteiger partial charge in [0.25, 0.3) is 0 Å². The van der Waals surface area contributed by atoms with Gasteiger partial charge in [0.15, 0.2) is 0 Å². The van der Waals surface area contributed by atoms with Crippen molar-refractivity contribution in [2.75, 3.05) is 5.73 Å². The van der Waals surface area contributed by atoms with Crippen LogP contribution in [0.4, 0.5) is 5.95 Å². The summed E-state index contributed by atoms with van der Waals surface area (Å²) in [5.74, 6) is 1.13. The third kappa shape index (κ3) is 1.68. The molecule has 0 bridgehead atoms. The average molecular weight is 153 g/mol. The smallest absolute Gasteiger partial charge is 0.239 e. The molecular weight excluding hydrogens is 142 g/mol. The van der Waals surface area contributed by atoms with Crippen molar-refractivity contribution in [3.8, 4) is 0 Å². The van der Waals surface area contributed by atoms with Crippen molar-refractivity contribution < 1.29 is 0 Å². The van der Waals surface area contributed by atoms with Crippen molar-refractivity contribution in [3.05, 3.63) is 5.82 Å². The molecule has 2 rings (SSSR count). The van der Waals surface area contributed by atoms with Crippen LogP contribution in [0.25, 0.3) is 0 Å². The van der Waals surface area contributed by atoms with E-state index < -0.39 is 0 Å². The van der Waals surface area contributed by atoms with Gasteiger partial charge in [-0.2, -0.15) is 4.98 Å². The molecule has 0 saturated heterocycles. The molecule has 11 heavy (non-hydrogen) atoms. The molecule has 4 N–H and O–H groups in total. The first-order chi connectivity index (χ1) is 5.34. The van der Waals surface area contributed by atoms with E-state index in [1.807, 2.05) is 0 Å². The van der Waals surface area contributed by atoms with E-state index in [0.29, 0.717) is 12.0 Å². The molecule has 0 unspecified atom stereocenters. The van der Waals surface area contributed by atoms with Gasteiger partial charge in [-0.15, -0.1) is 5.10 Å². The van der Waals surface area contributed by atoms with Gasteiger partial charge in [-0.3, -0.25) is 5.10 Å². The summed E-state index contributed by atoms with van der Waals surface area (Å²) in [6.45, 7) is 0.745. The molecule has 1 fully saturated rings. The molecule has 0 radical (unpaired) electrons. The lowest BCUT2D eigenvalue weighted by molar-refractivity contribution is 0.660. The molecule has 1 heterocycles. The van der Waals surface area contributed by atoms with Crippen LogP contribution in [-0.4, -0.2) is 21.2 Å². The number of rotatable bonds is 3. The summed E-state index contributed by atoms with van der Waals surface area (Å²) in [6, 6.07) is 0.696. The normalized spacial score (nSPS) is 17.1. The fraction of sp³-hybridized carbons (Fsp3) is 0.667. The largest absolute Gasteiger partial charge is 0.367 e. The van der Waals surface area contributed by atoms with E-state index >= 15 is 0 Å². The zero-order valence-corrected chi connectivity index (χ0v) is 6.17. The summed E-state index contributed by atoms with van der Waals surface area (Å²) in [7, 11) is 0. The minimum Gasteiger partial charge on any atom is -0.367 e. The maximum Gasteiger partial charge on any atom is 0.239 e. The fourth-order valence-corrected chi connectivity index (χ4v) is 0.918. The minimum absolute atomic E-state index is 0.317. The van der Waals surface area contributed by atoms with Crippen molar-refractivity contribution in [1.29, 1.82) is 0 Å². The highest BCUT2D eigenvalue weighted by Crippen LogP contribution is 2.18. The van der Waals surface area contributed by atoms with Gasteiger partial charge in [-0.25, -0.2) is 0 Å². The Hall–Kier alpha value is -1.10. The Morgan fingerprint density at radius 3 is 3.00 bits per heavy atom. The maximum atomic E-state index is 5.32. The second-order valence-corrected chi connectivity index (χ2v) is 2.80. The number of nitrogens with zero attached hydrogens (tertiary/aromatic N) is 2. The molecule has 5 heteroatoms. The predicted octanol–water partition coefficient (Wildman–Crippen LogP) is -0.361. The molecule has 5 nitrogen and oxygen atoms in total. The number of hydrogen-bond donors (Lipinski definition) is 3. The summed E-state index contributed by atoms with van der Waals surface area (Å²) in [6.07, 6.45) is 2.56. The van der Waals surface area contributed by atoms with Crippen molar-refractivity contribution in [3.63, 3.8) is 0 Å². The van der Waals surface area contributed by atoms with Gasteiger partial charge in [-0.05, 0) is 12.8 Å². The number of nitrogen functional groups attached to an aromatic ring is 1. The van der Waals surface area contributed by atoms with Gasteiger partial charge < -0.3 is 11.1 Å². The van der Waals surface area contributed by atoms with Crippen molar-refractivity contribution in [1.82, 2.24) is 20.5 Å². The Morgan fingerprint density at radius 2 is 2.45 bits per heavy atom. The van der Waals surface area contributed by atoms with Crippen LogP contribution in [0.15, 0.2) is 0 Å². The summed E-state index contributed by atoms with van der Waals surface area (Å²) in [5.41, 5.74) is 5.32. The van der Waals surface area contributed by atoms with E-state index in [2.05, 4.69) is 20.5 Å². The third-order valence-corrected chi connectivity index (χ3v) is 1.68. The highest BCUT2D eigenvalue weighted by molar-refractivity contribution is 5.12. The average Bonchev–Trinajstić information content (AvgIpc) is 2.72. The Kier molecular flexibility index (Phi) is 1.50. The number of aromatic nitrogens is 3. The standard InChI is InChI=1S/C6H11N5/c7-6-9-5(10-11-6)3-8-4-1-2-4/h4,8H,1-3H2,(H3,7,9,10,11). The third-order valence-electron chi connectivity index (χ3n) is 1.68. The Labute approximate surface area is 64.4 Å². The zero-order chi connectivity index (χ0) is 7.68. The molecule has 0 atom stereocenters. The summed E-state index contributed by atoms with van der Waals surface area (Å²) in [4.78, 5) is 3.96. The van der Waals surface area contributed by atoms with Gasteiger partial charge in [0.1, 0.15) is 5.82 Å². The lowest BCUT2D eigenvalue weighted by Gasteiger charge is -1.95. The number of nitrogens with one attached hydrogen (secondary N) is 2. The van der Waals surface area contributed by atoms with Crippen LogP contribution in [0.5, 0.6) is 0 Å². The van der Waals surface area contributed by atoms with E-state index in [0.717, 1.165) is 12.4 Å². The molecule has 0 spiro atoms. The first kappa shape index (κ1) is 6.60. The lowest BCUT2D eigenvalue weighted by Crippen LogP contribution is -2.16. The van der Waals surface area contributed by atoms with Crippen LogP contribution >= 0.6 is 0 Å².